The van der Waals surface area contributed by atoms with E-state index in [0.29, 0.717) is 30.2 Å². The van der Waals surface area contributed by atoms with E-state index in [0.717, 1.165) is 18.5 Å². The molecule has 0 saturated carbocycles. The van der Waals surface area contributed by atoms with Crippen LogP contribution in [-0.2, 0) is 11.2 Å². The standard InChI is InChI=1S/C21H25N3O3/c1-26-16-7-8-20(27-2)19(13-16)24-21(25)10-12-22-11-9-15-14-23-18-6-4-3-5-17(15)18/h3-8,13-14,22-23H,9-12H2,1-2H3,(H,24,25). The quantitative estimate of drug-likeness (QED) is 0.507. The molecule has 6 nitrogen and oxygen atoms in total. The Labute approximate surface area is 158 Å². The SMILES string of the molecule is COc1ccc(OC)c(NC(=O)CCNCCc2c[nH]c3ccccc23)c1. The lowest BCUT2D eigenvalue weighted by molar-refractivity contribution is -0.116. The molecule has 0 spiro atoms. The maximum atomic E-state index is 12.2. The van der Waals surface area contributed by atoms with Crippen LogP contribution in [0.4, 0.5) is 5.69 Å². The summed E-state index contributed by atoms with van der Waals surface area (Å²) < 4.78 is 10.5. The lowest BCUT2D eigenvalue weighted by Crippen LogP contribution is -2.23. The highest BCUT2D eigenvalue weighted by atomic mass is 16.5. The fourth-order valence-electron chi connectivity index (χ4n) is 3.01. The fourth-order valence-corrected chi connectivity index (χ4v) is 3.01. The minimum absolute atomic E-state index is 0.0684. The minimum Gasteiger partial charge on any atom is -0.497 e. The second-order valence-electron chi connectivity index (χ2n) is 6.22. The third-order valence-corrected chi connectivity index (χ3v) is 4.46. The van der Waals surface area contributed by atoms with Crippen molar-refractivity contribution in [3.63, 3.8) is 0 Å². The van der Waals surface area contributed by atoms with Crippen molar-refractivity contribution < 1.29 is 14.3 Å². The van der Waals surface area contributed by atoms with Gasteiger partial charge in [0.15, 0.2) is 0 Å². The van der Waals surface area contributed by atoms with Gasteiger partial charge in [0.25, 0.3) is 0 Å². The molecule has 142 valence electrons. The molecule has 3 aromatic rings. The van der Waals surface area contributed by atoms with Crippen molar-refractivity contribution in [3.8, 4) is 11.5 Å². The number of benzene rings is 2. The van der Waals surface area contributed by atoms with E-state index in [2.05, 4.69) is 27.8 Å². The number of aromatic amines is 1. The van der Waals surface area contributed by atoms with Gasteiger partial charge in [-0.1, -0.05) is 18.2 Å². The number of aromatic nitrogens is 1. The van der Waals surface area contributed by atoms with Gasteiger partial charge in [-0.05, 0) is 36.7 Å². The first kappa shape index (κ1) is 18.8. The van der Waals surface area contributed by atoms with Gasteiger partial charge in [0.05, 0.1) is 19.9 Å². The number of para-hydroxylation sites is 1. The smallest absolute Gasteiger partial charge is 0.225 e. The molecule has 3 N–H and O–H groups in total. The number of rotatable bonds is 9. The molecule has 1 amide bonds. The van der Waals surface area contributed by atoms with Gasteiger partial charge in [0.2, 0.25) is 5.91 Å². The summed E-state index contributed by atoms with van der Waals surface area (Å²) in [5.74, 6) is 1.21. The lowest BCUT2D eigenvalue weighted by Gasteiger charge is -2.12. The third-order valence-electron chi connectivity index (χ3n) is 4.46. The van der Waals surface area contributed by atoms with Crippen LogP contribution in [0.1, 0.15) is 12.0 Å². The number of amides is 1. The fraction of sp³-hybridized carbons (Fsp3) is 0.286. The van der Waals surface area contributed by atoms with Crippen LogP contribution in [0.2, 0.25) is 0 Å². The van der Waals surface area contributed by atoms with E-state index in [1.807, 2.05) is 18.3 Å². The molecule has 6 heteroatoms. The van der Waals surface area contributed by atoms with Crippen LogP contribution < -0.4 is 20.1 Å². The van der Waals surface area contributed by atoms with E-state index < -0.39 is 0 Å². The molecule has 0 aliphatic rings. The molecule has 1 heterocycles. The average Bonchev–Trinajstić information content (AvgIpc) is 3.11. The maximum absolute atomic E-state index is 12.2. The van der Waals surface area contributed by atoms with E-state index in [4.69, 9.17) is 9.47 Å². The molecule has 0 aliphatic carbocycles. The summed E-state index contributed by atoms with van der Waals surface area (Å²) in [6.07, 6.45) is 3.34. The molecule has 0 aliphatic heterocycles. The topological polar surface area (TPSA) is 75.4 Å². The molecular weight excluding hydrogens is 342 g/mol. The summed E-state index contributed by atoms with van der Waals surface area (Å²) in [6.45, 7) is 1.43. The lowest BCUT2D eigenvalue weighted by atomic mass is 10.1. The first-order valence-electron chi connectivity index (χ1n) is 8.99. The van der Waals surface area contributed by atoms with Crippen molar-refractivity contribution in [2.75, 3.05) is 32.6 Å². The van der Waals surface area contributed by atoms with Gasteiger partial charge in [-0.15, -0.1) is 0 Å². The van der Waals surface area contributed by atoms with Crippen LogP contribution in [0.15, 0.2) is 48.7 Å². The van der Waals surface area contributed by atoms with Gasteiger partial charge in [-0.2, -0.15) is 0 Å². The number of nitrogens with one attached hydrogen (secondary N) is 3. The second-order valence-corrected chi connectivity index (χ2v) is 6.22. The third kappa shape index (κ3) is 4.80. The first-order chi connectivity index (χ1) is 13.2. The van der Waals surface area contributed by atoms with Crippen molar-refractivity contribution in [2.24, 2.45) is 0 Å². The molecule has 1 aromatic heterocycles. The molecule has 0 bridgehead atoms. The Morgan fingerprint density at radius 3 is 2.74 bits per heavy atom. The molecule has 2 aromatic carbocycles. The summed E-state index contributed by atoms with van der Waals surface area (Å²) in [5, 5.41) is 7.45. The molecule has 0 radical (unpaired) electrons. The molecule has 0 atom stereocenters. The number of ether oxygens (including phenoxy) is 2. The molecule has 27 heavy (non-hydrogen) atoms. The van der Waals surface area contributed by atoms with Gasteiger partial charge in [-0.3, -0.25) is 4.79 Å². The van der Waals surface area contributed by atoms with Gasteiger partial charge >= 0.3 is 0 Å². The van der Waals surface area contributed by atoms with Crippen LogP contribution in [0.5, 0.6) is 11.5 Å². The predicted octanol–water partition coefficient (Wildman–Crippen LogP) is 3.35. The van der Waals surface area contributed by atoms with Crippen molar-refractivity contribution in [1.29, 1.82) is 0 Å². The molecule has 3 rings (SSSR count). The van der Waals surface area contributed by atoms with E-state index in [1.165, 1.54) is 10.9 Å². The number of carbonyl (C=O) groups excluding carboxylic acids is 1. The van der Waals surface area contributed by atoms with Crippen LogP contribution in [0.3, 0.4) is 0 Å². The number of hydrogen-bond acceptors (Lipinski definition) is 4. The molecule has 0 unspecified atom stereocenters. The first-order valence-corrected chi connectivity index (χ1v) is 8.99. The van der Waals surface area contributed by atoms with E-state index in [1.54, 1.807) is 32.4 Å². The van der Waals surface area contributed by atoms with Crippen LogP contribution in [0.25, 0.3) is 10.9 Å². The highest BCUT2D eigenvalue weighted by Crippen LogP contribution is 2.28. The summed E-state index contributed by atoms with van der Waals surface area (Å²) >= 11 is 0. The van der Waals surface area contributed by atoms with Crippen molar-refractivity contribution in [1.82, 2.24) is 10.3 Å². The normalized spacial score (nSPS) is 10.7. The summed E-state index contributed by atoms with van der Waals surface area (Å²) in [5.41, 5.74) is 3.04. The van der Waals surface area contributed by atoms with Gasteiger partial charge in [0.1, 0.15) is 11.5 Å². The average molecular weight is 367 g/mol. The van der Waals surface area contributed by atoms with Crippen molar-refractivity contribution in [2.45, 2.75) is 12.8 Å². The van der Waals surface area contributed by atoms with Crippen LogP contribution >= 0.6 is 0 Å². The Balaban J connectivity index is 1.43. The Morgan fingerprint density at radius 2 is 1.93 bits per heavy atom. The van der Waals surface area contributed by atoms with Crippen LogP contribution in [-0.4, -0.2) is 38.2 Å². The summed E-state index contributed by atoms with van der Waals surface area (Å²) in [6, 6.07) is 13.6. The molecule has 0 saturated heterocycles. The van der Waals surface area contributed by atoms with Crippen molar-refractivity contribution >= 4 is 22.5 Å². The van der Waals surface area contributed by atoms with E-state index in [9.17, 15) is 4.79 Å². The monoisotopic (exact) mass is 367 g/mol. The number of H-pyrrole nitrogens is 1. The van der Waals surface area contributed by atoms with E-state index in [-0.39, 0.29) is 5.91 Å². The Morgan fingerprint density at radius 1 is 1.07 bits per heavy atom. The van der Waals surface area contributed by atoms with Gasteiger partial charge in [0, 0.05) is 36.1 Å². The Bertz CT molecular complexity index is 905. The summed E-state index contributed by atoms with van der Waals surface area (Å²) in [7, 11) is 3.16. The Hall–Kier alpha value is -2.99. The highest BCUT2D eigenvalue weighted by molar-refractivity contribution is 5.92. The zero-order valence-corrected chi connectivity index (χ0v) is 15.7. The highest BCUT2D eigenvalue weighted by Gasteiger charge is 2.09. The number of fused-ring (bicyclic) bond motifs is 1. The Kier molecular flexibility index (Phi) is 6.33. The maximum Gasteiger partial charge on any atom is 0.225 e. The van der Waals surface area contributed by atoms with Crippen LogP contribution in [0, 0.1) is 0 Å². The second kappa shape index (κ2) is 9.09. The van der Waals surface area contributed by atoms with Crippen molar-refractivity contribution in [3.05, 3.63) is 54.2 Å². The van der Waals surface area contributed by atoms with E-state index >= 15 is 0 Å². The number of hydrogen-bond donors (Lipinski definition) is 3. The zero-order valence-electron chi connectivity index (χ0n) is 15.7. The largest absolute Gasteiger partial charge is 0.497 e. The molecule has 0 fully saturated rings. The number of anilines is 1. The van der Waals surface area contributed by atoms with Gasteiger partial charge in [-0.25, -0.2) is 0 Å². The zero-order chi connectivity index (χ0) is 19.1. The summed E-state index contributed by atoms with van der Waals surface area (Å²) in [4.78, 5) is 15.5. The number of carbonyl (C=O) groups is 1. The van der Waals surface area contributed by atoms with Gasteiger partial charge < -0.3 is 25.1 Å². The number of methoxy groups -OCH3 is 2. The predicted molar refractivity (Wildman–Crippen MR) is 108 cm³/mol. The minimum atomic E-state index is -0.0684. The molecular formula is C21H25N3O3.